The van der Waals surface area contributed by atoms with Crippen molar-refractivity contribution in [2.75, 3.05) is 26.7 Å². The zero-order chi connectivity index (χ0) is 11.2. The summed E-state index contributed by atoms with van der Waals surface area (Å²) in [6.45, 7) is 3.76. The van der Waals surface area contributed by atoms with Gasteiger partial charge in [-0.05, 0) is 45.0 Å². The second-order valence-corrected chi connectivity index (χ2v) is 4.68. The first-order valence-corrected chi connectivity index (χ1v) is 6.32. The smallest absolute Gasteiger partial charge is 0.0232 e. The maximum atomic E-state index is 3.44. The van der Waals surface area contributed by atoms with E-state index in [0.717, 1.165) is 6.42 Å². The molecule has 0 amide bonds. The van der Waals surface area contributed by atoms with Crippen LogP contribution in [0, 0.1) is 0 Å². The van der Waals surface area contributed by atoms with E-state index in [4.69, 9.17) is 0 Å². The van der Waals surface area contributed by atoms with E-state index in [-0.39, 0.29) is 24.8 Å². The molecule has 1 heterocycles. The van der Waals surface area contributed by atoms with Crippen molar-refractivity contribution in [3.63, 3.8) is 0 Å². The minimum Gasteiger partial charge on any atom is -0.315 e. The summed E-state index contributed by atoms with van der Waals surface area (Å²) in [5.74, 6) is 0. The second-order valence-electron chi connectivity index (χ2n) is 4.68. The Balaban J connectivity index is 0.00000144. The van der Waals surface area contributed by atoms with Crippen molar-refractivity contribution in [2.24, 2.45) is 0 Å². The lowest BCUT2D eigenvalue weighted by Crippen LogP contribution is -2.39. The molecular formula is C14H24Cl2N2. The van der Waals surface area contributed by atoms with Gasteiger partial charge in [-0.3, -0.25) is 0 Å². The monoisotopic (exact) mass is 290 g/mol. The van der Waals surface area contributed by atoms with Gasteiger partial charge < -0.3 is 10.2 Å². The van der Waals surface area contributed by atoms with Crippen molar-refractivity contribution in [3.05, 3.63) is 35.9 Å². The third-order valence-electron chi connectivity index (χ3n) is 3.41. The molecule has 0 bridgehead atoms. The van der Waals surface area contributed by atoms with E-state index >= 15 is 0 Å². The minimum absolute atomic E-state index is 0. The van der Waals surface area contributed by atoms with Crippen molar-refractivity contribution in [2.45, 2.75) is 25.3 Å². The second kappa shape index (κ2) is 9.62. The molecule has 1 atom stereocenters. The molecule has 0 saturated carbocycles. The molecule has 0 aromatic heterocycles. The van der Waals surface area contributed by atoms with Crippen molar-refractivity contribution in [1.82, 2.24) is 10.2 Å². The number of nitrogens with one attached hydrogen (secondary N) is 1. The van der Waals surface area contributed by atoms with Crippen LogP contribution in [-0.2, 0) is 6.42 Å². The quantitative estimate of drug-likeness (QED) is 0.897. The zero-order valence-electron chi connectivity index (χ0n) is 11.0. The lowest BCUT2D eigenvalue weighted by Gasteiger charge is -2.23. The van der Waals surface area contributed by atoms with E-state index in [9.17, 15) is 0 Å². The number of likely N-dealkylation sites (N-methyl/N-ethyl adjacent to an activating group) is 1. The van der Waals surface area contributed by atoms with Crippen LogP contribution >= 0.6 is 24.8 Å². The third kappa shape index (κ3) is 5.57. The molecule has 2 nitrogen and oxygen atoms in total. The molecule has 0 radical (unpaired) electrons. The average Bonchev–Trinajstić information content (AvgIpc) is 2.82. The molecular weight excluding hydrogens is 267 g/mol. The van der Waals surface area contributed by atoms with Crippen LogP contribution in [-0.4, -0.2) is 37.6 Å². The summed E-state index contributed by atoms with van der Waals surface area (Å²) in [7, 11) is 2.07. The van der Waals surface area contributed by atoms with Gasteiger partial charge in [0.1, 0.15) is 0 Å². The van der Waals surface area contributed by atoms with Gasteiger partial charge in [-0.1, -0.05) is 30.3 Å². The largest absolute Gasteiger partial charge is 0.315 e. The Labute approximate surface area is 123 Å². The number of hydrogen-bond donors (Lipinski definition) is 1. The predicted molar refractivity (Wildman–Crippen MR) is 83.2 cm³/mol. The average molecular weight is 291 g/mol. The van der Waals surface area contributed by atoms with Crippen LogP contribution in [0.1, 0.15) is 18.4 Å². The molecule has 0 spiro atoms. The van der Waals surface area contributed by atoms with E-state index < -0.39 is 0 Å². The van der Waals surface area contributed by atoms with Gasteiger partial charge in [-0.2, -0.15) is 0 Å². The van der Waals surface area contributed by atoms with Crippen LogP contribution in [0.5, 0.6) is 0 Å². The van der Waals surface area contributed by atoms with E-state index in [2.05, 4.69) is 47.6 Å². The molecule has 104 valence electrons. The van der Waals surface area contributed by atoms with Gasteiger partial charge in [0, 0.05) is 12.6 Å². The van der Waals surface area contributed by atoms with Crippen molar-refractivity contribution in [3.8, 4) is 0 Å². The molecule has 4 heteroatoms. The predicted octanol–water partition coefficient (Wildman–Crippen LogP) is 2.76. The fourth-order valence-corrected chi connectivity index (χ4v) is 2.43. The van der Waals surface area contributed by atoms with Crippen LogP contribution in [0.25, 0.3) is 0 Å². The van der Waals surface area contributed by atoms with E-state index in [0.29, 0.717) is 6.04 Å². The third-order valence-corrected chi connectivity index (χ3v) is 3.41. The van der Waals surface area contributed by atoms with Crippen molar-refractivity contribution < 1.29 is 0 Å². The maximum Gasteiger partial charge on any atom is 0.0232 e. The molecule has 0 unspecified atom stereocenters. The topological polar surface area (TPSA) is 15.3 Å². The first-order chi connectivity index (χ1) is 7.88. The summed E-state index contributed by atoms with van der Waals surface area (Å²) in [5.41, 5.74) is 1.43. The van der Waals surface area contributed by atoms with Crippen LogP contribution in [0.3, 0.4) is 0 Å². The molecule has 1 saturated heterocycles. The Morgan fingerprint density at radius 1 is 1.11 bits per heavy atom. The molecule has 0 aliphatic carbocycles. The van der Waals surface area contributed by atoms with Crippen LogP contribution in [0.2, 0.25) is 0 Å². The lowest BCUT2D eigenvalue weighted by molar-refractivity contribution is 0.296. The molecule has 1 aliphatic rings. The van der Waals surface area contributed by atoms with Gasteiger partial charge >= 0.3 is 0 Å². The summed E-state index contributed by atoms with van der Waals surface area (Å²) in [5, 5.41) is 3.44. The van der Waals surface area contributed by atoms with Gasteiger partial charge in [0.15, 0.2) is 0 Å². The number of nitrogens with zero attached hydrogens (tertiary/aromatic N) is 1. The Morgan fingerprint density at radius 2 is 1.72 bits per heavy atom. The Hall–Kier alpha value is -0.280. The van der Waals surface area contributed by atoms with E-state index in [1.165, 1.54) is 38.0 Å². The molecule has 1 aliphatic heterocycles. The van der Waals surface area contributed by atoms with E-state index in [1.54, 1.807) is 0 Å². The van der Waals surface area contributed by atoms with Crippen molar-refractivity contribution >= 4 is 24.8 Å². The molecule has 1 N–H and O–H groups in total. The molecule has 2 rings (SSSR count). The number of hydrogen-bond acceptors (Lipinski definition) is 2. The molecule has 1 aromatic rings. The Morgan fingerprint density at radius 3 is 2.28 bits per heavy atom. The van der Waals surface area contributed by atoms with Gasteiger partial charge in [0.05, 0.1) is 0 Å². The fourth-order valence-electron chi connectivity index (χ4n) is 2.43. The first kappa shape index (κ1) is 17.7. The number of rotatable bonds is 5. The first-order valence-electron chi connectivity index (χ1n) is 6.32. The van der Waals surface area contributed by atoms with Crippen LogP contribution in [0.4, 0.5) is 0 Å². The Bertz CT molecular complexity index is 300. The van der Waals surface area contributed by atoms with Gasteiger partial charge in [0.2, 0.25) is 0 Å². The molecule has 18 heavy (non-hydrogen) atoms. The Kier molecular flexibility index (Phi) is 9.47. The van der Waals surface area contributed by atoms with Gasteiger partial charge in [-0.15, -0.1) is 24.8 Å². The van der Waals surface area contributed by atoms with Gasteiger partial charge in [-0.25, -0.2) is 0 Å². The van der Waals surface area contributed by atoms with Crippen LogP contribution < -0.4 is 5.32 Å². The summed E-state index contributed by atoms with van der Waals surface area (Å²) in [6, 6.07) is 11.3. The molecule has 1 fully saturated rings. The number of likely N-dealkylation sites (tertiary alicyclic amines) is 1. The highest BCUT2D eigenvalue weighted by atomic mass is 35.5. The minimum atomic E-state index is 0. The highest BCUT2D eigenvalue weighted by molar-refractivity contribution is 5.85. The van der Waals surface area contributed by atoms with Crippen LogP contribution in [0.15, 0.2) is 30.3 Å². The number of halogens is 2. The molecule has 1 aromatic carbocycles. The number of benzene rings is 1. The zero-order valence-corrected chi connectivity index (χ0v) is 12.6. The van der Waals surface area contributed by atoms with Crippen molar-refractivity contribution in [1.29, 1.82) is 0 Å². The highest BCUT2D eigenvalue weighted by Crippen LogP contribution is 2.10. The maximum absolute atomic E-state index is 3.44. The SMILES string of the molecule is CN[C@@H](Cc1ccccc1)CN1CCCC1.Cl.Cl. The highest BCUT2D eigenvalue weighted by Gasteiger charge is 2.16. The van der Waals surface area contributed by atoms with Gasteiger partial charge in [0.25, 0.3) is 0 Å². The summed E-state index contributed by atoms with van der Waals surface area (Å²) in [6.07, 6.45) is 3.89. The summed E-state index contributed by atoms with van der Waals surface area (Å²) < 4.78 is 0. The standard InChI is InChI=1S/C14H22N2.2ClH/c1-15-14(12-16-9-5-6-10-16)11-13-7-3-2-4-8-13;;/h2-4,7-8,14-15H,5-6,9-12H2,1H3;2*1H/t14-;;/m0../s1. The summed E-state index contributed by atoms with van der Waals surface area (Å²) >= 11 is 0. The van der Waals surface area contributed by atoms with E-state index in [1.807, 2.05) is 0 Å². The lowest BCUT2D eigenvalue weighted by atomic mass is 10.1. The summed E-state index contributed by atoms with van der Waals surface area (Å²) in [4.78, 5) is 2.57. The normalized spacial score (nSPS) is 16.7. The fraction of sp³-hybridized carbons (Fsp3) is 0.571.